The Morgan fingerprint density at radius 1 is 1.05 bits per heavy atom. The number of fused-ring (bicyclic) bond motifs is 1. The Hall–Kier alpha value is -2.00. The van der Waals surface area contributed by atoms with Gasteiger partial charge in [0.2, 0.25) is 0 Å². The van der Waals surface area contributed by atoms with Gasteiger partial charge >= 0.3 is 0 Å². The Labute approximate surface area is 132 Å². The molecule has 2 nitrogen and oxygen atoms in total. The van der Waals surface area contributed by atoms with E-state index in [1.165, 1.54) is 5.56 Å². The minimum absolute atomic E-state index is 0.327. The third-order valence-corrected chi connectivity index (χ3v) is 3.99. The molecule has 21 heavy (non-hydrogen) atoms. The molecule has 3 aromatic carbocycles. The van der Waals surface area contributed by atoms with Gasteiger partial charge < -0.3 is 10.4 Å². The Balaban J connectivity index is 1.93. The number of aromatic hydroxyl groups is 1. The number of anilines is 1. The predicted molar refractivity (Wildman–Crippen MR) is 91.8 cm³/mol. The third kappa shape index (κ3) is 3.03. The smallest absolute Gasteiger partial charge is 0.121 e. The summed E-state index contributed by atoms with van der Waals surface area (Å²) in [5.74, 6) is 0.327. The predicted octanol–water partition coefficient (Wildman–Crippen LogP) is 5.23. The van der Waals surface area contributed by atoms with Crippen molar-refractivity contribution in [1.82, 2.24) is 0 Å². The van der Waals surface area contributed by atoms with E-state index in [0.717, 1.165) is 26.5 Å². The van der Waals surface area contributed by atoms with E-state index in [2.05, 4.69) is 46.4 Å². The van der Waals surface area contributed by atoms with E-state index in [9.17, 15) is 5.11 Å². The molecule has 0 aliphatic carbocycles. The number of rotatable bonds is 3. The highest BCUT2D eigenvalue weighted by molar-refractivity contribution is 9.10. The van der Waals surface area contributed by atoms with Crippen molar-refractivity contribution in [2.75, 3.05) is 5.32 Å². The molecule has 0 spiro atoms. The molecule has 2 N–H and O–H groups in total. The number of hydrogen-bond acceptors (Lipinski definition) is 2. The molecule has 0 amide bonds. The van der Waals surface area contributed by atoms with E-state index in [-0.39, 0.29) is 0 Å². The van der Waals surface area contributed by atoms with Crippen molar-refractivity contribution in [1.29, 1.82) is 0 Å². The second-order valence-corrected chi connectivity index (χ2v) is 6.07. The van der Waals surface area contributed by atoms with Gasteiger partial charge in [-0.2, -0.15) is 0 Å². The highest BCUT2D eigenvalue weighted by atomic mass is 79.9. The van der Waals surface area contributed by atoms with Gasteiger partial charge in [-0.15, -0.1) is 0 Å². The van der Waals surface area contributed by atoms with Gasteiger partial charge in [0.25, 0.3) is 0 Å². The zero-order valence-corrected chi connectivity index (χ0v) is 13.3. The SMILES string of the molecule is Cc1cc(Br)cc(NCc2c(O)ccc3ccccc23)c1. The molecule has 0 aromatic heterocycles. The first kappa shape index (κ1) is 14.0. The molecule has 0 bridgehead atoms. The standard InChI is InChI=1S/C18H16BrNO/c1-12-8-14(19)10-15(9-12)20-11-17-16-5-3-2-4-13(16)6-7-18(17)21/h2-10,20-21H,11H2,1H3. The fourth-order valence-electron chi connectivity index (χ4n) is 2.54. The summed E-state index contributed by atoms with van der Waals surface area (Å²) in [6.45, 7) is 2.65. The Morgan fingerprint density at radius 2 is 1.86 bits per heavy atom. The van der Waals surface area contributed by atoms with Gasteiger partial charge in [-0.1, -0.05) is 46.3 Å². The van der Waals surface area contributed by atoms with Crippen molar-refractivity contribution < 1.29 is 5.11 Å². The van der Waals surface area contributed by atoms with E-state index < -0.39 is 0 Å². The quantitative estimate of drug-likeness (QED) is 0.683. The maximum absolute atomic E-state index is 10.1. The van der Waals surface area contributed by atoms with E-state index in [1.807, 2.05) is 30.3 Å². The fourth-order valence-corrected chi connectivity index (χ4v) is 3.15. The third-order valence-electron chi connectivity index (χ3n) is 3.53. The lowest BCUT2D eigenvalue weighted by Crippen LogP contribution is -2.01. The number of benzene rings is 3. The molecule has 0 atom stereocenters. The van der Waals surface area contributed by atoms with Crippen LogP contribution in [-0.4, -0.2) is 5.11 Å². The Kier molecular flexibility index (Phi) is 3.84. The lowest BCUT2D eigenvalue weighted by molar-refractivity contribution is 0.470. The van der Waals surface area contributed by atoms with Crippen LogP contribution in [0.5, 0.6) is 5.75 Å². The number of halogens is 1. The Bertz CT molecular complexity index is 778. The maximum Gasteiger partial charge on any atom is 0.121 e. The lowest BCUT2D eigenvalue weighted by Gasteiger charge is -2.12. The van der Waals surface area contributed by atoms with Crippen molar-refractivity contribution >= 4 is 32.4 Å². The molecule has 106 valence electrons. The van der Waals surface area contributed by atoms with Gasteiger partial charge in [0, 0.05) is 22.3 Å². The second kappa shape index (κ2) is 5.78. The summed E-state index contributed by atoms with van der Waals surface area (Å²) in [5, 5.41) is 15.7. The Morgan fingerprint density at radius 3 is 2.67 bits per heavy atom. The molecule has 0 saturated heterocycles. The topological polar surface area (TPSA) is 32.3 Å². The summed E-state index contributed by atoms with van der Waals surface area (Å²) in [7, 11) is 0. The maximum atomic E-state index is 10.1. The van der Waals surface area contributed by atoms with Gasteiger partial charge in [-0.3, -0.25) is 0 Å². The lowest BCUT2D eigenvalue weighted by atomic mass is 10.0. The summed E-state index contributed by atoms with van der Waals surface area (Å²) < 4.78 is 1.05. The molecule has 0 aliphatic rings. The van der Waals surface area contributed by atoms with Crippen LogP contribution in [0.4, 0.5) is 5.69 Å². The van der Waals surface area contributed by atoms with E-state index in [4.69, 9.17) is 0 Å². The van der Waals surface area contributed by atoms with Crippen molar-refractivity contribution in [2.24, 2.45) is 0 Å². The first-order chi connectivity index (χ1) is 10.1. The van der Waals surface area contributed by atoms with Crippen LogP contribution in [0.3, 0.4) is 0 Å². The van der Waals surface area contributed by atoms with Crippen LogP contribution in [0, 0.1) is 6.92 Å². The van der Waals surface area contributed by atoms with Gasteiger partial charge in [-0.25, -0.2) is 0 Å². The second-order valence-electron chi connectivity index (χ2n) is 5.16. The number of nitrogens with one attached hydrogen (secondary N) is 1. The molecule has 3 rings (SSSR count). The van der Waals surface area contributed by atoms with Crippen LogP contribution in [0.2, 0.25) is 0 Å². The van der Waals surface area contributed by atoms with Crippen LogP contribution in [0.25, 0.3) is 10.8 Å². The van der Waals surface area contributed by atoms with Crippen molar-refractivity contribution in [2.45, 2.75) is 13.5 Å². The molecular formula is C18H16BrNO. The van der Waals surface area contributed by atoms with Crippen LogP contribution in [-0.2, 0) is 6.54 Å². The zero-order valence-electron chi connectivity index (χ0n) is 11.7. The minimum Gasteiger partial charge on any atom is -0.508 e. The van der Waals surface area contributed by atoms with Crippen molar-refractivity contribution in [3.05, 3.63) is 70.2 Å². The van der Waals surface area contributed by atoms with Crippen molar-refractivity contribution in [3.63, 3.8) is 0 Å². The monoisotopic (exact) mass is 341 g/mol. The summed E-state index contributed by atoms with van der Waals surface area (Å²) in [4.78, 5) is 0. The molecule has 3 aromatic rings. The number of aryl methyl sites for hydroxylation is 1. The zero-order chi connectivity index (χ0) is 14.8. The summed E-state index contributed by atoms with van der Waals surface area (Å²) >= 11 is 3.50. The molecule has 0 saturated carbocycles. The largest absolute Gasteiger partial charge is 0.508 e. The molecular weight excluding hydrogens is 326 g/mol. The van der Waals surface area contributed by atoms with Gasteiger partial charge in [0.15, 0.2) is 0 Å². The summed E-state index contributed by atoms with van der Waals surface area (Å²) in [6.07, 6.45) is 0. The van der Waals surface area contributed by atoms with E-state index in [1.54, 1.807) is 6.07 Å². The van der Waals surface area contributed by atoms with Crippen LogP contribution >= 0.6 is 15.9 Å². The van der Waals surface area contributed by atoms with E-state index >= 15 is 0 Å². The average Bonchev–Trinajstić information content (AvgIpc) is 2.45. The van der Waals surface area contributed by atoms with E-state index in [0.29, 0.717) is 12.3 Å². The molecule has 0 fully saturated rings. The molecule has 0 radical (unpaired) electrons. The van der Waals surface area contributed by atoms with Crippen LogP contribution in [0.1, 0.15) is 11.1 Å². The summed E-state index contributed by atoms with van der Waals surface area (Å²) in [6, 6.07) is 18.0. The number of phenolic OH excluding ortho intramolecular Hbond substituents is 1. The van der Waals surface area contributed by atoms with Gasteiger partial charge in [0.1, 0.15) is 5.75 Å². The highest BCUT2D eigenvalue weighted by Crippen LogP contribution is 2.28. The van der Waals surface area contributed by atoms with Crippen molar-refractivity contribution in [3.8, 4) is 5.75 Å². The van der Waals surface area contributed by atoms with Crippen LogP contribution in [0.15, 0.2) is 59.1 Å². The first-order valence-electron chi connectivity index (χ1n) is 6.84. The summed E-state index contributed by atoms with van der Waals surface area (Å²) in [5.41, 5.74) is 3.15. The molecule has 3 heteroatoms. The van der Waals surface area contributed by atoms with Gasteiger partial charge in [-0.05, 0) is 47.5 Å². The normalized spacial score (nSPS) is 10.8. The molecule has 0 aliphatic heterocycles. The number of hydrogen-bond donors (Lipinski definition) is 2. The average molecular weight is 342 g/mol. The molecule has 0 heterocycles. The minimum atomic E-state index is 0.327. The molecule has 0 unspecified atom stereocenters. The fraction of sp³-hybridized carbons (Fsp3) is 0.111. The van der Waals surface area contributed by atoms with Gasteiger partial charge in [0.05, 0.1) is 0 Å². The number of phenols is 1. The highest BCUT2D eigenvalue weighted by Gasteiger charge is 2.07. The first-order valence-corrected chi connectivity index (χ1v) is 7.63. The van der Waals surface area contributed by atoms with Crippen LogP contribution < -0.4 is 5.32 Å².